The number of benzene rings is 2. The predicted octanol–water partition coefficient (Wildman–Crippen LogP) is 1.45. The Kier molecular flexibility index (Phi) is 9.77. The molecule has 1 aliphatic rings. The lowest BCUT2D eigenvalue weighted by Crippen LogP contribution is -2.52. The highest BCUT2D eigenvalue weighted by Gasteiger charge is 2.32. The van der Waals surface area contributed by atoms with Gasteiger partial charge in [-0.05, 0) is 54.8 Å². The maximum Gasteiger partial charge on any atom is 0.254 e. The largest absolute Gasteiger partial charge is 0.388 e. The molecular formula is C28H33N3O5. The summed E-state index contributed by atoms with van der Waals surface area (Å²) in [6, 6.07) is 14.1. The Bertz CT molecular complexity index is 1100. The standard InChI is InChI=1S/C28H33N3O5/c1-29-27(34)26(25(33)19-32)30(2)28(35)23-12-10-21(11-13-23)5-4-20-6-8-22(9-7-20)18-31(16-17-36-3)24-14-15-24/h6-13,24,26,32H,14-19H2,1-3H3,(H,29,34). The summed E-state index contributed by atoms with van der Waals surface area (Å²) in [5.74, 6) is 4.32. The summed E-state index contributed by atoms with van der Waals surface area (Å²) in [5, 5.41) is 11.5. The summed E-state index contributed by atoms with van der Waals surface area (Å²) < 4.78 is 5.23. The van der Waals surface area contributed by atoms with Gasteiger partial charge in [0.25, 0.3) is 5.91 Å². The van der Waals surface area contributed by atoms with E-state index in [-0.39, 0.29) is 0 Å². The zero-order valence-electron chi connectivity index (χ0n) is 21.0. The van der Waals surface area contributed by atoms with Gasteiger partial charge >= 0.3 is 0 Å². The first-order valence-corrected chi connectivity index (χ1v) is 11.9. The van der Waals surface area contributed by atoms with Gasteiger partial charge in [0.05, 0.1) is 6.61 Å². The highest BCUT2D eigenvalue weighted by Crippen LogP contribution is 2.28. The normalized spacial score (nSPS) is 13.5. The Morgan fingerprint density at radius 3 is 2.14 bits per heavy atom. The third-order valence-electron chi connectivity index (χ3n) is 6.13. The van der Waals surface area contributed by atoms with Crippen molar-refractivity contribution in [1.29, 1.82) is 0 Å². The van der Waals surface area contributed by atoms with Crippen LogP contribution in [0.4, 0.5) is 0 Å². The smallest absolute Gasteiger partial charge is 0.254 e. The van der Waals surface area contributed by atoms with Gasteiger partial charge in [-0.1, -0.05) is 24.0 Å². The van der Waals surface area contributed by atoms with Crippen molar-refractivity contribution in [3.63, 3.8) is 0 Å². The van der Waals surface area contributed by atoms with Gasteiger partial charge in [-0.25, -0.2) is 0 Å². The molecule has 2 aromatic carbocycles. The van der Waals surface area contributed by atoms with Crippen LogP contribution < -0.4 is 5.32 Å². The average molecular weight is 492 g/mol. The van der Waals surface area contributed by atoms with Crippen molar-refractivity contribution in [2.75, 3.05) is 41.0 Å². The van der Waals surface area contributed by atoms with E-state index in [1.165, 1.54) is 32.5 Å². The number of methoxy groups -OCH3 is 1. The quantitative estimate of drug-likeness (QED) is 0.365. The summed E-state index contributed by atoms with van der Waals surface area (Å²) in [6.07, 6.45) is 2.51. The first-order valence-electron chi connectivity index (χ1n) is 11.9. The first-order chi connectivity index (χ1) is 17.4. The molecule has 0 radical (unpaired) electrons. The second-order valence-electron chi connectivity index (χ2n) is 8.78. The lowest BCUT2D eigenvalue weighted by Gasteiger charge is -2.25. The lowest BCUT2D eigenvalue weighted by atomic mass is 10.1. The van der Waals surface area contributed by atoms with Crippen LogP contribution in [0.25, 0.3) is 0 Å². The summed E-state index contributed by atoms with van der Waals surface area (Å²) in [4.78, 5) is 40.3. The fourth-order valence-electron chi connectivity index (χ4n) is 3.89. The molecule has 0 spiro atoms. The zero-order valence-corrected chi connectivity index (χ0v) is 21.0. The van der Waals surface area contributed by atoms with Gasteiger partial charge in [-0.3, -0.25) is 19.3 Å². The molecule has 2 amide bonds. The molecule has 190 valence electrons. The first kappa shape index (κ1) is 27.1. The minimum atomic E-state index is -1.40. The van der Waals surface area contributed by atoms with Crippen molar-refractivity contribution in [2.45, 2.75) is 31.5 Å². The highest BCUT2D eigenvalue weighted by atomic mass is 16.5. The number of carbonyl (C=O) groups excluding carboxylic acids is 3. The van der Waals surface area contributed by atoms with Crippen LogP contribution in [0.2, 0.25) is 0 Å². The topological polar surface area (TPSA) is 99.2 Å². The number of ether oxygens (including phenoxy) is 1. The summed E-state index contributed by atoms with van der Waals surface area (Å²) in [5.41, 5.74) is 3.17. The molecule has 2 N–H and O–H groups in total. The number of rotatable bonds is 11. The SMILES string of the molecule is CNC(=O)C(C(=O)CO)N(C)C(=O)c1ccc(C#Cc2ccc(CN(CCOC)C3CC3)cc2)cc1. The second kappa shape index (κ2) is 13.0. The number of hydrogen-bond acceptors (Lipinski definition) is 6. The Labute approximate surface area is 212 Å². The molecule has 8 heteroatoms. The van der Waals surface area contributed by atoms with Crippen LogP contribution >= 0.6 is 0 Å². The number of Topliss-reactive ketones (excluding diaryl/α,β-unsaturated/α-hetero) is 1. The minimum Gasteiger partial charge on any atom is -0.388 e. The fraction of sp³-hybridized carbons (Fsp3) is 0.393. The summed E-state index contributed by atoms with van der Waals surface area (Å²) in [6.45, 7) is 1.73. The molecule has 0 heterocycles. The van der Waals surface area contributed by atoms with Crippen molar-refractivity contribution in [3.8, 4) is 11.8 Å². The second-order valence-corrected chi connectivity index (χ2v) is 8.78. The highest BCUT2D eigenvalue weighted by molar-refractivity contribution is 6.10. The maximum atomic E-state index is 12.8. The Hall–Kier alpha value is -3.51. The van der Waals surface area contributed by atoms with Gasteiger partial charge in [-0.15, -0.1) is 0 Å². The lowest BCUT2D eigenvalue weighted by molar-refractivity contribution is -0.135. The van der Waals surface area contributed by atoms with E-state index < -0.39 is 30.2 Å². The van der Waals surface area contributed by atoms with Crippen molar-refractivity contribution in [3.05, 3.63) is 70.8 Å². The number of nitrogens with one attached hydrogen (secondary N) is 1. The van der Waals surface area contributed by atoms with Gasteiger partial charge < -0.3 is 20.1 Å². The molecule has 1 atom stereocenters. The zero-order chi connectivity index (χ0) is 26.1. The molecule has 0 bridgehead atoms. The third-order valence-corrected chi connectivity index (χ3v) is 6.13. The van der Waals surface area contributed by atoms with Crippen LogP contribution in [0.3, 0.4) is 0 Å². The molecule has 0 aliphatic heterocycles. The van der Waals surface area contributed by atoms with E-state index in [1.807, 2.05) is 12.1 Å². The van der Waals surface area contributed by atoms with Crippen LogP contribution in [-0.2, 0) is 20.9 Å². The number of nitrogens with zero attached hydrogens (tertiary/aromatic N) is 2. The number of amides is 2. The van der Waals surface area contributed by atoms with E-state index in [9.17, 15) is 14.4 Å². The van der Waals surface area contributed by atoms with Crippen molar-refractivity contribution in [1.82, 2.24) is 15.1 Å². The molecule has 1 saturated carbocycles. The molecular weight excluding hydrogens is 458 g/mol. The molecule has 0 saturated heterocycles. The Balaban J connectivity index is 1.63. The van der Waals surface area contributed by atoms with Crippen LogP contribution in [0, 0.1) is 11.8 Å². The van der Waals surface area contributed by atoms with Crippen molar-refractivity contribution < 1.29 is 24.2 Å². The molecule has 0 aromatic heterocycles. The van der Waals surface area contributed by atoms with Crippen LogP contribution in [0.5, 0.6) is 0 Å². The van der Waals surface area contributed by atoms with Crippen LogP contribution in [0.1, 0.15) is 39.9 Å². The number of carbonyl (C=O) groups is 3. The number of likely N-dealkylation sites (N-methyl/N-ethyl adjacent to an activating group) is 2. The molecule has 3 rings (SSSR count). The molecule has 1 unspecified atom stereocenters. The molecule has 2 aromatic rings. The maximum absolute atomic E-state index is 12.8. The van der Waals surface area contributed by atoms with E-state index >= 15 is 0 Å². The van der Waals surface area contributed by atoms with E-state index in [0.717, 1.165) is 35.7 Å². The van der Waals surface area contributed by atoms with Crippen LogP contribution in [0.15, 0.2) is 48.5 Å². The monoisotopic (exact) mass is 491 g/mol. The predicted molar refractivity (Wildman–Crippen MR) is 136 cm³/mol. The van der Waals surface area contributed by atoms with Gasteiger partial charge in [0.15, 0.2) is 11.8 Å². The number of ketones is 1. The number of aliphatic hydroxyl groups excluding tert-OH is 1. The minimum absolute atomic E-state index is 0.306. The number of aliphatic hydroxyl groups is 1. The molecule has 8 nitrogen and oxygen atoms in total. The van der Waals surface area contributed by atoms with Crippen molar-refractivity contribution >= 4 is 17.6 Å². The van der Waals surface area contributed by atoms with Gasteiger partial charge in [0.2, 0.25) is 5.91 Å². The van der Waals surface area contributed by atoms with E-state index in [1.54, 1.807) is 31.4 Å². The summed E-state index contributed by atoms with van der Waals surface area (Å²) >= 11 is 0. The average Bonchev–Trinajstić information content (AvgIpc) is 3.75. The third kappa shape index (κ3) is 7.25. The van der Waals surface area contributed by atoms with Gasteiger partial charge in [0.1, 0.15) is 6.61 Å². The van der Waals surface area contributed by atoms with E-state index in [0.29, 0.717) is 11.6 Å². The number of hydrogen-bond donors (Lipinski definition) is 2. The molecule has 36 heavy (non-hydrogen) atoms. The summed E-state index contributed by atoms with van der Waals surface area (Å²) in [7, 11) is 4.45. The van der Waals surface area contributed by atoms with E-state index in [4.69, 9.17) is 9.84 Å². The Morgan fingerprint density at radius 2 is 1.64 bits per heavy atom. The molecule has 1 fully saturated rings. The van der Waals surface area contributed by atoms with Gasteiger partial charge in [-0.2, -0.15) is 0 Å². The Morgan fingerprint density at radius 1 is 1.06 bits per heavy atom. The molecule has 1 aliphatic carbocycles. The fourth-order valence-corrected chi connectivity index (χ4v) is 3.89. The van der Waals surface area contributed by atoms with E-state index in [2.05, 4.69) is 34.2 Å². The van der Waals surface area contributed by atoms with Crippen LogP contribution in [-0.4, -0.2) is 85.6 Å². The van der Waals surface area contributed by atoms with Gasteiger partial charge in [0, 0.05) is 57.0 Å². The van der Waals surface area contributed by atoms with Crippen molar-refractivity contribution in [2.24, 2.45) is 0 Å².